The number of anilines is 2. The molecule has 3 amide bonds. The maximum absolute atomic E-state index is 12.7. The lowest BCUT2D eigenvalue weighted by Gasteiger charge is -2.18. The van der Waals surface area contributed by atoms with Gasteiger partial charge in [0.05, 0.1) is 22.1 Å². The van der Waals surface area contributed by atoms with Crippen LogP contribution in [0.25, 0.3) is 5.69 Å². The number of halogens is 1. The molecule has 2 aromatic carbocycles. The molecule has 1 aliphatic heterocycles. The first kappa shape index (κ1) is 20.9. The monoisotopic (exact) mass is 437 g/mol. The van der Waals surface area contributed by atoms with Gasteiger partial charge in [-0.3, -0.25) is 10.1 Å². The average molecular weight is 438 g/mol. The molecule has 0 radical (unpaired) electrons. The van der Waals surface area contributed by atoms with Crippen LogP contribution >= 0.6 is 11.6 Å². The van der Waals surface area contributed by atoms with Crippen LogP contribution in [-0.2, 0) is 11.8 Å². The molecule has 0 atom stereocenters. The predicted octanol–water partition coefficient (Wildman–Crippen LogP) is 4.75. The van der Waals surface area contributed by atoms with E-state index in [4.69, 9.17) is 16.7 Å². The molecule has 31 heavy (non-hydrogen) atoms. The lowest BCUT2D eigenvalue weighted by atomic mass is 9.92. The van der Waals surface area contributed by atoms with Gasteiger partial charge in [0.15, 0.2) is 0 Å². The smallest absolute Gasteiger partial charge is 0.324 e. The third kappa shape index (κ3) is 4.41. The van der Waals surface area contributed by atoms with Crippen LogP contribution in [0, 0.1) is 0 Å². The highest BCUT2D eigenvalue weighted by Gasteiger charge is 2.23. The van der Waals surface area contributed by atoms with E-state index in [2.05, 4.69) is 16.0 Å². The maximum Gasteiger partial charge on any atom is 0.324 e. The number of hydrogen-bond donors (Lipinski definition) is 3. The molecule has 2 heterocycles. The topological polar surface area (TPSA) is 88.0 Å². The van der Waals surface area contributed by atoms with Gasteiger partial charge in [-0.15, -0.1) is 0 Å². The SMILES string of the molecule is CC(C)(C)c1cc(NC(=O)Nc2ccccc2Cl)n(-c2ccc3c(c2)C(=O)NCC3)n1. The molecule has 1 aliphatic rings. The fourth-order valence-corrected chi connectivity index (χ4v) is 3.58. The second-order valence-corrected chi connectivity index (χ2v) is 8.89. The first-order chi connectivity index (χ1) is 14.7. The summed E-state index contributed by atoms with van der Waals surface area (Å²) in [5.41, 5.74) is 3.41. The van der Waals surface area contributed by atoms with Gasteiger partial charge in [0.1, 0.15) is 5.82 Å². The normalized spacial score (nSPS) is 13.4. The summed E-state index contributed by atoms with van der Waals surface area (Å²) < 4.78 is 1.65. The van der Waals surface area contributed by atoms with Crippen molar-refractivity contribution in [1.82, 2.24) is 15.1 Å². The van der Waals surface area contributed by atoms with E-state index in [0.717, 1.165) is 17.7 Å². The third-order valence-corrected chi connectivity index (χ3v) is 5.43. The number of benzene rings is 2. The van der Waals surface area contributed by atoms with E-state index in [-0.39, 0.29) is 11.3 Å². The summed E-state index contributed by atoms with van der Waals surface area (Å²) in [5.74, 6) is 0.392. The number of hydrogen-bond acceptors (Lipinski definition) is 3. The quantitative estimate of drug-likeness (QED) is 0.552. The molecule has 0 aliphatic carbocycles. The number of aromatic nitrogens is 2. The molecule has 3 aromatic rings. The zero-order valence-corrected chi connectivity index (χ0v) is 18.4. The number of carbonyl (C=O) groups excluding carboxylic acids is 2. The Kier molecular flexibility index (Phi) is 5.45. The van der Waals surface area contributed by atoms with Crippen LogP contribution in [0.4, 0.5) is 16.3 Å². The van der Waals surface area contributed by atoms with Gasteiger partial charge >= 0.3 is 6.03 Å². The fourth-order valence-electron chi connectivity index (χ4n) is 3.40. The van der Waals surface area contributed by atoms with Crippen molar-refractivity contribution >= 4 is 35.0 Å². The summed E-state index contributed by atoms with van der Waals surface area (Å²) in [6.45, 7) is 6.78. The molecular weight excluding hydrogens is 414 g/mol. The highest BCUT2D eigenvalue weighted by atomic mass is 35.5. The Balaban J connectivity index is 1.69. The van der Waals surface area contributed by atoms with Gasteiger partial charge in [-0.1, -0.05) is 50.6 Å². The number of para-hydroxylation sites is 1. The number of fused-ring (bicyclic) bond motifs is 1. The molecule has 0 saturated carbocycles. The molecule has 0 unspecified atom stereocenters. The highest BCUT2D eigenvalue weighted by molar-refractivity contribution is 6.33. The Morgan fingerprint density at radius 1 is 1.13 bits per heavy atom. The molecule has 4 rings (SSSR count). The number of nitrogens with one attached hydrogen (secondary N) is 3. The fraction of sp³-hybridized carbons (Fsp3) is 0.261. The van der Waals surface area contributed by atoms with Gasteiger partial charge in [-0.2, -0.15) is 5.10 Å². The molecule has 160 valence electrons. The third-order valence-electron chi connectivity index (χ3n) is 5.10. The van der Waals surface area contributed by atoms with Crippen molar-refractivity contribution in [3.63, 3.8) is 0 Å². The minimum absolute atomic E-state index is 0.0997. The second-order valence-electron chi connectivity index (χ2n) is 8.48. The van der Waals surface area contributed by atoms with Crippen LogP contribution in [-0.4, -0.2) is 28.3 Å². The number of carbonyl (C=O) groups is 2. The van der Waals surface area contributed by atoms with Crippen molar-refractivity contribution in [2.24, 2.45) is 0 Å². The summed E-state index contributed by atoms with van der Waals surface area (Å²) in [5, 5.41) is 13.6. The molecule has 0 fully saturated rings. The first-order valence-corrected chi connectivity index (χ1v) is 10.4. The lowest BCUT2D eigenvalue weighted by molar-refractivity contribution is 0.0946. The van der Waals surface area contributed by atoms with Crippen LogP contribution in [0.15, 0.2) is 48.5 Å². The Bertz CT molecular complexity index is 1160. The van der Waals surface area contributed by atoms with Gasteiger partial charge in [-0.25, -0.2) is 9.48 Å². The molecule has 8 heteroatoms. The van der Waals surface area contributed by atoms with E-state index in [9.17, 15) is 9.59 Å². The van der Waals surface area contributed by atoms with E-state index in [1.54, 1.807) is 35.0 Å². The molecule has 0 saturated heterocycles. The highest BCUT2D eigenvalue weighted by Crippen LogP contribution is 2.28. The van der Waals surface area contributed by atoms with Crippen LogP contribution in [0.5, 0.6) is 0 Å². The minimum atomic E-state index is -0.439. The number of nitrogens with zero attached hydrogens (tertiary/aromatic N) is 2. The van der Waals surface area contributed by atoms with Gasteiger partial charge in [0.2, 0.25) is 0 Å². The summed E-state index contributed by atoms with van der Waals surface area (Å²) in [6, 6.07) is 14.1. The Morgan fingerprint density at radius 3 is 2.65 bits per heavy atom. The average Bonchev–Trinajstić information content (AvgIpc) is 3.14. The largest absolute Gasteiger partial charge is 0.352 e. The van der Waals surface area contributed by atoms with Crippen molar-refractivity contribution < 1.29 is 9.59 Å². The minimum Gasteiger partial charge on any atom is -0.352 e. The Labute approximate surface area is 185 Å². The molecule has 0 bridgehead atoms. The summed E-state index contributed by atoms with van der Waals surface area (Å²) in [4.78, 5) is 25.0. The first-order valence-electron chi connectivity index (χ1n) is 10.1. The van der Waals surface area contributed by atoms with Gasteiger partial charge in [-0.05, 0) is 36.2 Å². The molecule has 3 N–H and O–H groups in total. The van der Waals surface area contributed by atoms with Crippen LogP contribution in [0.3, 0.4) is 0 Å². The molecule has 0 spiro atoms. The lowest BCUT2D eigenvalue weighted by Crippen LogP contribution is -2.31. The predicted molar refractivity (Wildman–Crippen MR) is 122 cm³/mol. The van der Waals surface area contributed by atoms with Gasteiger partial charge in [0.25, 0.3) is 5.91 Å². The van der Waals surface area contributed by atoms with E-state index < -0.39 is 6.03 Å². The van der Waals surface area contributed by atoms with Crippen molar-refractivity contribution in [1.29, 1.82) is 0 Å². The Morgan fingerprint density at radius 2 is 1.90 bits per heavy atom. The van der Waals surface area contributed by atoms with Crippen LogP contribution in [0.2, 0.25) is 5.02 Å². The van der Waals surface area contributed by atoms with Crippen molar-refractivity contribution in [2.75, 3.05) is 17.2 Å². The number of amides is 3. The number of urea groups is 1. The van der Waals surface area contributed by atoms with Crippen molar-refractivity contribution in [3.05, 3.63) is 70.4 Å². The summed E-state index contributed by atoms with van der Waals surface area (Å²) in [7, 11) is 0. The molecular formula is C23H24ClN5O2. The molecule has 1 aromatic heterocycles. The van der Waals surface area contributed by atoms with E-state index in [1.807, 2.05) is 39.0 Å². The van der Waals surface area contributed by atoms with Gasteiger partial charge < -0.3 is 10.6 Å². The second kappa shape index (κ2) is 8.07. The van der Waals surface area contributed by atoms with E-state index >= 15 is 0 Å². The van der Waals surface area contributed by atoms with E-state index in [1.165, 1.54) is 0 Å². The van der Waals surface area contributed by atoms with Gasteiger partial charge in [0, 0.05) is 23.6 Å². The zero-order valence-electron chi connectivity index (χ0n) is 17.6. The Hall–Kier alpha value is -3.32. The number of rotatable bonds is 3. The molecule has 7 nitrogen and oxygen atoms in total. The zero-order chi connectivity index (χ0) is 22.2. The maximum atomic E-state index is 12.7. The van der Waals surface area contributed by atoms with Crippen molar-refractivity contribution in [2.45, 2.75) is 32.6 Å². The van der Waals surface area contributed by atoms with Crippen LogP contribution < -0.4 is 16.0 Å². The van der Waals surface area contributed by atoms with Crippen LogP contribution in [0.1, 0.15) is 42.4 Å². The van der Waals surface area contributed by atoms with Crippen molar-refractivity contribution in [3.8, 4) is 5.69 Å². The van der Waals surface area contributed by atoms with E-state index in [0.29, 0.717) is 34.3 Å². The summed E-state index contributed by atoms with van der Waals surface area (Å²) >= 11 is 6.15. The standard InChI is InChI=1S/C23H24ClN5O2/c1-23(2,3)19-13-20(27-22(31)26-18-7-5-4-6-17(18)24)29(28-19)15-9-8-14-10-11-25-21(30)16(14)12-15/h4-9,12-13H,10-11H2,1-3H3,(H,25,30)(H2,26,27,31). The summed E-state index contributed by atoms with van der Waals surface area (Å²) in [6.07, 6.45) is 0.791.